The van der Waals surface area contributed by atoms with Gasteiger partial charge in [0.15, 0.2) is 0 Å². The third kappa shape index (κ3) is 2.73. The molecule has 0 saturated carbocycles. The van der Waals surface area contributed by atoms with Gasteiger partial charge in [0.05, 0.1) is 5.57 Å². The second-order valence-electron chi connectivity index (χ2n) is 3.81. The van der Waals surface area contributed by atoms with Crippen molar-refractivity contribution in [2.24, 2.45) is 0 Å². The third-order valence-corrected chi connectivity index (χ3v) is 3.58. The van der Waals surface area contributed by atoms with Crippen molar-refractivity contribution in [2.45, 2.75) is 6.10 Å². The summed E-state index contributed by atoms with van der Waals surface area (Å²) >= 11 is 6.91. The molecule has 2 rings (SSSR count). The number of carbonyl (C=O) groups excluding carboxylic acids is 1. The lowest BCUT2D eigenvalue weighted by atomic mass is 9.92. The van der Waals surface area contributed by atoms with Crippen LogP contribution in [0.15, 0.2) is 50.9 Å². The van der Waals surface area contributed by atoms with Crippen LogP contribution in [0.5, 0.6) is 0 Å². The Morgan fingerprint density at radius 3 is 2.44 bits per heavy atom. The van der Waals surface area contributed by atoms with Gasteiger partial charge in [0, 0.05) is 16.1 Å². The van der Waals surface area contributed by atoms with Crippen molar-refractivity contribution < 1.29 is 9.53 Å². The number of halogens is 2. The molecule has 0 saturated heterocycles. The fraction of sp³-hybridized carbons (Fsp3) is 0.143. The van der Waals surface area contributed by atoms with E-state index in [1.807, 2.05) is 36.3 Å². The minimum atomic E-state index is -0.367. The van der Waals surface area contributed by atoms with Gasteiger partial charge in [-0.1, -0.05) is 44.0 Å². The van der Waals surface area contributed by atoms with E-state index in [0.29, 0.717) is 5.57 Å². The molecular formula is C14H10Br2O2. The number of methoxy groups -OCH3 is 1. The molecule has 0 heterocycles. The smallest absolute Gasteiger partial charge is 0.131 e. The first-order valence-corrected chi connectivity index (χ1v) is 6.87. The molecule has 0 spiro atoms. The molecule has 4 heteroatoms. The third-order valence-electron chi connectivity index (χ3n) is 2.67. The molecule has 1 unspecified atom stereocenters. The summed E-state index contributed by atoms with van der Waals surface area (Å²) in [6, 6.07) is 5.94. The van der Waals surface area contributed by atoms with Crippen LogP contribution < -0.4 is 0 Å². The highest BCUT2D eigenvalue weighted by molar-refractivity contribution is 9.11. The summed E-state index contributed by atoms with van der Waals surface area (Å²) in [5.74, 6) is 1.92. The number of hydrogen-bond donors (Lipinski definition) is 0. The lowest BCUT2D eigenvalue weighted by Gasteiger charge is -2.21. The zero-order valence-electron chi connectivity index (χ0n) is 9.61. The first-order valence-electron chi connectivity index (χ1n) is 5.28. The maximum atomic E-state index is 10.9. The second-order valence-corrected chi connectivity index (χ2v) is 5.64. The fourth-order valence-electron chi connectivity index (χ4n) is 1.91. The average Bonchev–Trinajstić information content (AvgIpc) is 2.36. The SMILES string of the molecule is COC1C(=C=O)C=CC=C1c1cc(Br)cc(Br)c1. The van der Waals surface area contributed by atoms with Crippen molar-refractivity contribution in [3.8, 4) is 0 Å². The number of hydrogen-bond acceptors (Lipinski definition) is 2. The zero-order valence-corrected chi connectivity index (χ0v) is 12.8. The number of benzene rings is 1. The summed E-state index contributed by atoms with van der Waals surface area (Å²) in [5, 5.41) is 0. The van der Waals surface area contributed by atoms with Crippen molar-refractivity contribution in [1.82, 2.24) is 0 Å². The molecule has 1 aliphatic rings. The topological polar surface area (TPSA) is 26.3 Å². The van der Waals surface area contributed by atoms with E-state index in [4.69, 9.17) is 4.74 Å². The van der Waals surface area contributed by atoms with E-state index < -0.39 is 0 Å². The molecule has 0 radical (unpaired) electrons. The Balaban J connectivity index is 2.51. The Morgan fingerprint density at radius 2 is 1.89 bits per heavy atom. The molecule has 1 atom stereocenters. The van der Waals surface area contributed by atoms with Crippen LogP contribution in [0.1, 0.15) is 5.56 Å². The normalized spacial score (nSPS) is 18.5. The molecule has 0 N–H and O–H groups in total. The molecule has 1 aliphatic carbocycles. The van der Waals surface area contributed by atoms with Gasteiger partial charge in [0.1, 0.15) is 12.0 Å². The molecule has 0 fully saturated rings. The second kappa shape index (κ2) is 5.81. The van der Waals surface area contributed by atoms with Gasteiger partial charge in [-0.3, -0.25) is 0 Å². The van der Waals surface area contributed by atoms with E-state index in [1.54, 1.807) is 13.2 Å². The Hall–Kier alpha value is -0.930. The van der Waals surface area contributed by atoms with Crippen molar-refractivity contribution in [1.29, 1.82) is 0 Å². The van der Waals surface area contributed by atoms with Gasteiger partial charge < -0.3 is 4.74 Å². The predicted octanol–water partition coefficient (Wildman–Crippen LogP) is 3.94. The maximum absolute atomic E-state index is 10.9. The predicted molar refractivity (Wildman–Crippen MR) is 79.0 cm³/mol. The molecule has 1 aromatic rings. The fourth-order valence-corrected chi connectivity index (χ4v) is 3.20. The van der Waals surface area contributed by atoms with E-state index in [-0.39, 0.29) is 6.10 Å². The number of ether oxygens (including phenoxy) is 1. The van der Waals surface area contributed by atoms with Crippen molar-refractivity contribution in [2.75, 3.05) is 7.11 Å². The van der Waals surface area contributed by atoms with Crippen LogP contribution in [0.4, 0.5) is 0 Å². The summed E-state index contributed by atoms with van der Waals surface area (Å²) in [4.78, 5) is 10.9. The molecular weight excluding hydrogens is 360 g/mol. The molecule has 92 valence electrons. The van der Waals surface area contributed by atoms with Crippen LogP contribution in [-0.4, -0.2) is 19.2 Å². The van der Waals surface area contributed by atoms with E-state index in [1.165, 1.54) is 0 Å². The van der Waals surface area contributed by atoms with Gasteiger partial charge >= 0.3 is 0 Å². The minimum Gasteiger partial charge on any atom is -0.371 e. The highest BCUT2D eigenvalue weighted by atomic mass is 79.9. The summed E-state index contributed by atoms with van der Waals surface area (Å²) < 4.78 is 7.32. The van der Waals surface area contributed by atoms with Gasteiger partial charge in [-0.05, 0) is 35.4 Å². The van der Waals surface area contributed by atoms with E-state index >= 15 is 0 Å². The lowest BCUT2D eigenvalue weighted by Crippen LogP contribution is -2.17. The highest BCUT2D eigenvalue weighted by Gasteiger charge is 2.22. The number of rotatable bonds is 2. The lowest BCUT2D eigenvalue weighted by molar-refractivity contribution is 0.178. The monoisotopic (exact) mass is 368 g/mol. The van der Waals surface area contributed by atoms with Crippen LogP contribution in [0.2, 0.25) is 0 Å². The molecule has 18 heavy (non-hydrogen) atoms. The Morgan fingerprint density at radius 1 is 1.22 bits per heavy atom. The first-order chi connectivity index (χ1) is 8.65. The summed E-state index contributed by atoms with van der Waals surface area (Å²) in [7, 11) is 1.59. The Labute approximate surface area is 122 Å². The molecule has 2 nitrogen and oxygen atoms in total. The van der Waals surface area contributed by atoms with Gasteiger partial charge in [-0.25, -0.2) is 4.79 Å². The summed E-state index contributed by atoms with van der Waals surface area (Å²) in [6.07, 6.45) is 5.13. The molecule has 0 aromatic heterocycles. The standard InChI is InChI=1S/C14H10Br2O2/c1-18-14-9(8-17)3-2-4-13(14)10-5-11(15)7-12(16)6-10/h2-7,14H,1H3. The van der Waals surface area contributed by atoms with Gasteiger partial charge in [0.2, 0.25) is 0 Å². The van der Waals surface area contributed by atoms with Crippen LogP contribution in [-0.2, 0) is 9.53 Å². The van der Waals surface area contributed by atoms with Crippen LogP contribution >= 0.6 is 31.9 Å². The number of allylic oxidation sites excluding steroid dienone is 2. The summed E-state index contributed by atoms with van der Waals surface area (Å²) in [6.45, 7) is 0. The quantitative estimate of drug-likeness (QED) is 0.738. The summed E-state index contributed by atoms with van der Waals surface area (Å²) in [5.41, 5.74) is 2.45. The van der Waals surface area contributed by atoms with E-state index in [2.05, 4.69) is 31.9 Å². The van der Waals surface area contributed by atoms with E-state index in [9.17, 15) is 4.79 Å². The Bertz CT molecular complexity index is 561. The van der Waals surface area contributed by atoms with Gasteiger partial charge in [-0.2, -0.15) is 0 Å². The van der Waals surface area contributed by atoms with Gasteiger partial charge in [0.25, 0.3) is 0 Å². The Kier molecular flexibility index (Phi) is 4.36. The van der Waals surface area contributed by atoms with Crippen molar-refractivity contribution in [3.63, 3.8) is 0 Å². The van der Waals surface area contributed by atoms with Crippen LogP contribution in [0, 0.1) is 0 Å². The maximum Gasteiger partial charge on any atom is 0.131 e. The van der Waals surface area contributed by atoms with E-state index in [0.717, 1.165) is 20.1 Å². The van der Waals surface area contributed by atoms with Gasteiger partial charge in [-0.15, -0.1) is 0 Å². The van der Waals surface area contributed by atoms with Crippen molar-refractivity contribution in [3.05, 3.63) is 56.5 Å². The van der Waals surface area contributed by atoms with Crippen LogP contribution in [0.3, 0.4) is 0 Å². The minimum absolute atomic E-state index is 0.367. The molecule has 0 aliphatic heterocycles. The molecule has 0 bridgehead atoms. The highest BCUT2D eigenvalue weighted by Crippen LogP contribution is 2.32. The van der Waals surface area contributed by atoms with Crippen molar-refractivity contribution >= 4 is 43.4 Å². The van der Waals surface area contributed by atoms with Crippen LogP contribution in [0.25, 0.3) is 5.57 Å². The largest absolute Gasteiger partial charge is 0.371 e. The first kappa shape index (κ1) is 13.5. The average molecular weight is 370 g/mol. The zero-order chi connectivity index (χ0) is 13.1. The molecule has 0 amide bonds. The molecule has 1 aromatic carbocycles.